The largest absolute Gasteiger partial charge is 0.299 e. The van der Waals surface area contributed by atoms with Crippen molar-refractivity contribution in [1.29, 1.82) is 0 Å². The standard InChI is InChI=1S/C11H16O/c12-10-5-7-11-6-1-2-8(11)3-4-9(10)11/h8-9H,1-7H2/t8-,9+,11+/m0/s1. The summed E-state index contributed by atoms with van der Waals surface area (Å²) in [6.45, 7) is 0. The van der Waals surface area contributed by atoms with Crippen molar-refractivity contribution in [2.75, 3.05) is 0 Å². The van der Waals surface area contributed by atoms with Crippen LogP contribution in [-0.2, 0) is 4.79 Å². The van der Waals surface area contributed by atoms with E-state index in [0.717, 1.165) is 12.3 Å². The number of carbonyl (C=O) groups is 1. The third-order valence-corrected chi connectivity index (χ3v) is 4.73. The number of hydrogen-bond donors (Lipinski definition) is 0. The van der Waals surface area contributed by atoms with Crippen LogP contribution in [0.25, 0.3) is 0 Å². The van der Waals surface area contributed by atoms with Crippen LogP contribution in [-0.4, -0.2) is 5.78 Å². The van der Waals surface area contributed by atoms with Gasteiger partial charge in [0, 0.05) is 12.3 Å². The van der Waals surface area contributed by atoms with Gasteiger partial charge in [-0.1, -0.05) is 6.42 Å². The Hall–Kier alpha value is -0.330. The zero-order chi connectivity index (χ0) is 8.18. The number of Topliss-reactive ketones (excluding diaryl/α,β-unsaturated/α-hetero) is 1. The van der Waals surface area contributed by atoms with Crippen LogP contribution in [0.1, 0.15) is 44.9 Å². The van der Waals surface area contributed by atoms with E-state index in [2.05, 4.69) is 0 Å². The highest BCUT2D eigenvalue weighted by Crippen LogP contribution is 2.63. The number of rotatable bonds is 0. The molecular formula is C11H16O. The molecule has 0 N–H and O–H groups in total. The number of ketones is 1. The van der Waals surface area contributed by atoms with Crippen molar-refractivity contribution >= 4 is 5.78 Å². The van der Waals surface area contributed by atoms with Crippen LogP contribution in [0, 0.1) is 17.3 Å². The smallest absolute Gasteiger partial charge is 0.136 e. The lowest BCUT2D eigenvalue weighted by Crippen LogP contribution is -2.24. The maximum absolute atomic E-state index is 11.6. The predicted octanol–water partition coefficient (Wildman–Crippen LogP) is 2.55. The van der Waals surface area contributed by atoms with Gasteiger partial charge in [-0.25, -0.2) is 0 Å². The van der Waals surface area contributed by atoms with Gasteiger partial charge < -0.3 is 0 Å². The third kappa shape index (κ3) is 0.641. The van der Waals surface area contributed by atoms with Crippen LogP contribution in [0.5, 0.6) is 0 Å². The van der Waals surface area contributed by atoms with Crippen molar-refractivity contribution in [2.45, 2.75) is 44.9 Å². The summed E-state index contributed by atoms with van der Waals surface area (Å²) in [5, 5.41) is 0. The molecule has 0 aromatic carbocycles. The molecule has 3 aliphatic rings. The molecule has 0 radical (unpaired) electrons. The van der Waals surface area contributed by atoms with Gasteiger partial charge in [-0.2, -0.15) is 0 Å². The van der Waals surface area contributed by atoms with E-state index in [9.17, 15) is 4.79 Å². The van der Waals surface area contributed by atoms with E-state index in [1.165, 1.54) is 38.5 Å². The summed E-state index contributed by atoms with van der Waals surface area (Å²) in [7, 11) is 0. The van der Waals surface area contributed by atoms with Crippen LogP contribution in [0.2, 0.25) is 0 Å². The van der Waals surface area contributed by atoms with Crippen LogP contribution < -0.4 is 0 Å². The number of hydrogen-bond acceptors (Lipinski definition) is 1. The SMILES string of the molecule is O=C1CC[C@]23CCC[C@H]2CC[C@H]13. The Bertz CT molecular complexity index is 233. The van der Waals surface area contributed by atoms with Crippen molar-refractivity contribution in [3.05, 3.63) is 0 Å². The molecular weight excluding hydrogens is 148 g/mol. The summed E-state index contributed by atoms with van der Waals surface area (Å²) in [5.41, 5.74) is 0.539. The molecule has 1 heteroatoms. The first-order valence-corrected chi connectivity index (χ1v) is 5.36. The van der Waals surface area contributed by atoms with Gasteiger partial charge in [0.25, 0.3) is 0 Å². The second kappa shape index (κ2) is 2.12. The third-order valence-electron chi connectivity index (χ3n) is 4.73. The Balaban J connectivity index is 2.01. The van der Waals surface area contributed by atoms with Gasteiger partial charge in [0.05, 0.1) is 0 Å². The lowest BCUT2D eigenvalue weighted by Gasteiger charge is -2.28. The minimum absolute atomic E-state index is 0.505. The molecule has 0 saturated heterocycles. The van der Waals surface area contributed by atoms with Crippen LogP contribution in [0.4, 0.5) is 0 Å². The molecule has 0 aliphatic heterocycles. The van der Waals surface area contributed by atoms with Gasteiger partial charge >= 0.3 is 0 Å². The zero-order valence-corrected chi connectivity index (χ0v) is 7.51. The van der Waals surface area contributed by atoms with E-state index >= 15 is 0 Å². The molecule has 0 unspecified atom stereocenters. The molecule has 12 heavy (non-hydrogen) atoms. The summed E-state index contributed by atoms with van der Waals surface area (Å²) in [6.07, 6.45) is 8.91. The summed E-state index contributed by atoms with van der Waals surface area (Å²) < 4.78 is 0. The minimum Gasteiger partial charge on any atom is -0.299 e. The van der Waals surface area contributed by atoms with Gasteiger partial charge in [0.15, 0.2) is 0 Å². The molecule has 0 aromatic heterocycles. The van der Waals surface area contributed by atoms with Gasteiger partial charge in [0.1, 0.15) is 5.78 Å². The quantitative estimate of drug-likeness (QED) is 0.537. The Morgan fingerprint density at radius 1 is 1.17 bits per heavy atom. The van der Waals surface area contributed by atoms with Crippen molar-refractivity contribution < 1.29 is 4.79 Å². The monoisotopic (exact) mass is 164 g/mol. The lowest BCUT2D eigenvalue weighted by atomic mass is 9.76. The first-order valence-electron chi connectivity index (χ1n) is 5.36. The molecule has 0 heterocycles. The molecule has 3 aliphatic carbocycles. The highest BCUT2D eigenvalue weighted by molar-refractivity contribution is 5.84. The molecule has 0 amide bonds. The fourth-order valence-electron chi connectivity index (χ4n) is 4.23. The maximum Gasteiger partial charge on any atom is 0.136 e. The van der Waals surface area contributed by atoms with E-state index in [1.807, 2.05) is 0 Å². The van der Waals surface area contributed by atoms with E-state index in [-0.39, 0.29) is 0 Å². The van der Waals surface area contributed by atoms with E-state index in [0.29, 0.717) is 17.1 Å². The number of carbonyl (C=O) groups excluding carboxylic acids is 1. The average molecular weight is 164 g/mol. The van der Waals surface area contributed by atoms with Crippen LogP contribution >= 0.6 is 0 Å². The highest BCUT2D eigenvalue weighted by atomic mass is 16.1. The Morgan fingerprint density at radius 3 is 3.00 bits per heavy atom. The molecule has 3 atom stereocenters. The molecule has 1 spiro atoms. The zero-order valence-electron chi connectivity index (χ0n) is 7.51. The highest BCUT2D eigenvalue weighted by Gasteiger charge is 2.57. The average Bonchev–Trinajstić information content (AvgIpc) is 2.62. The lowest BCUT2D eigenvalue weighted by molar-refractivity contribution is -0.121. The first-order chi connectivity index (χ1) is 5.83. The van der Waals surface area contributed by atoms with E-state index in [4.69, 9.17) is 0 Å². The molecule has 0 aromatic rings. The Labute approximate surface area is 73.5 Å². The van der Waals surface area contributed by atoms with Crippen LogP contribution in [0.15, 0.2) is 0 Å². The van der Waals surface area contributed by atoms with Gasteiger partial charge in [-0.3, -0.25) is 4.79 Å². The summed E-state index contributed by atoms with van der Waals surface area (Å²) in [5.74, 6) is 2.04. The van der Waals surface area contributed by atoms with Crippen molar-refractivity contribution in [2.24, 2.45) is 17.3 Å². The predicted molar refractivity (Wildman–Crippen MR) is 46.7 cm³/mol. The first kappa shape index (κ1) is 7.11. The fourth-order valence-corrected chi connectivity index (χ4v) is 4.23. The van der Waals surface area contributed by atoms with Crippen molar-refractivity contribution in [3.8, 4) is 0 Å². The summed E-state index contributed by atoms with van der Waals surface area (Å²) in [4.78, 5) is 11.6. The topological polar surface area (TPSA) is 17.1 Å². The molecule has 3 fully saturated rings. The molecule has 3 saturated carbocycles. The normalized spacial score (nSPS) is 51.2. The molecule has 3 rings (SSSR count). The molecule has 0 bridgehead atoms. The van der Waals surface area contributed by atoms with Crippen molar-refractivity contribution in [1.82, 2.24) is 0 Å². The van der Waals surface area contributed by atoms with Crippen molar-refractivity contribution in [3.63, 3.8) is 0 Å². The fraction of sp³-hybridized carbons (Fsp3) is 0.909. The van der Waals surface area contributed by atoms with Gasteiger partial charge in [0.2, 0.25) is 0 Å². The molecule has 66 valence electrons. The second-order valence-electron chi connectivity index (χ2n) is 4.92. The summed E-state index contributed by atoms with van der Waals surface area (Å²) >= 11 is 0. The second-order valence-corrected chi connectivity index (χ2v) is 4.92. The minimum atomic E-state index is 0.505. The van der Waals surface area contributed by atoms with Gasteiger partial charge in [-0.05, 0) is 43.4 Å². The molecule has 1 nitrogen and oxygen atoms in total. The van der Waals surface area contributed by atoms with E-state index < -0.39 is 0 Å². The summed E-state index contributed by atoms with van der Waals surface area (Å²) in [6, 6.07) is 0. The van der Waals surface area contributed by atoms with Gasteiger partial charge in [-0.15, -0.1) is 0 Å². The maximum atomic E-state index is 11.6. The van der Waals surface area contributed by atoms with Crippen LogP contribution in [0.3, 0.4) is 0 Å². The van der Waals surface area contributed by atoms with E-state index in [1.54, 1.807) is 0 Å². The Kier molecular flexibility index (Phi) is 1.26. The Morgan fingerprint density at radius 2 is 2.08 bits per heavy atom.